The molecule has 3 aromatic heterocycles. The summed E-state index contributed by atoms with van der Waals surface area (Å²) in [5.41, 5.74) is 2.48. The van der Waals surface area contributed by atoms with Gasteiger partial charge >= 0.3 is 0 Å². The lowest BCUT2D eigenvalue weighted by molar-refractivity contribution is 0.210. The molecule has 0 radical (unpaired) electrons. The van der Waals surface area contributed by atoms with E-state index in [0.29, 0.717) is 17.2 Å². The van der Waals surface area contributed by atoms with Crippen molar-refractivity contribution in [2.45, 2.75) is 13.0 Å². The van der Waals surface area contributed by atoms with E-state index in [9.17, 15) is 4.39 Å². The Bertz CT molecular complexity index is 1000. The maximum atomic E-state index is 13.2. The number of fused-ring (bicyclic) bond motifs is 1. The SMILES string of the molecule is Cc1cnc2ccc(OC(c3ccc(F)cn3)c3cnco3)cc2c1. The van der Waals surface area contributed by atoms with Crippen LogP contribution in [0.3, 0.4) is 0 Å². The minimum absolute atomic E-state index is 0.410. The topological polar surface area (TPSA) is 61.0 Å². The fourth-order valence-electron chi connectivity index (χ4n) is 2.59. The summed E-state index contributed by atoms with van der Waals surface area (Å²) in [5, 5.41) is 0.973. The fourth-order valence-corrected chi connectivity index (χ4v) is 2.59. The lowest BCUT2D eigenvalue weighted by Gasteiger charge is -2.16. The van der Waals surface area contributed by atoms with Crippen LogP contribution in [0.15, 0.2) is 65.8 Å². The number of oxazole rings is 1. The molecule has 0 bridgehead atoms. The predicted octanol–water partition coefficient (Wildman–Crippen LogP) is 4.23. The molecule has 4 aromatic rings. The van der Waals surface area contributed by atoms with E-state index in [2.05, 4.69) is 15.0 Å². The molecule has 124 valence electrons. The molecule has 0 fully saturated rings. The molecule has 0 aliphatic rings. The van der Waals surface area contributed by atoms with Crippen molar-refractivity contribution in [1.29, 1.82) is 0 Å². The van der Waals surface area contributed by atoms with E-state index >= 15 is 0 Å². The molecule has 1 aromatic carbocycles. The summed E-state index contributed by atoms with van der Waals surface area (Å²) >= 11 is 0. The van der Waals surface area contributed by atoms with Gasteiger partial charge in [-0.15, -0.1) is 0 Å². The van der Waals surface area contributed by atoms with E-state index in [0.717, 1.165) is 22.7 Å². The minimum Gasteiger partial charge on any atom is -0.476 e. The van der Waals surface area contributed by atoms with Gasteiger partial charge in [-0.3, -0.25) is 9.97 Å². The Labute approximate surface area is 143 Å². The largest absolute Gasteiger partial charge is 0.476 e. The highest BCUT2D eigenvalue weighted by Crippen LogP contribution is 2.29. The van der Waals surface area contributed by atoms with Crippen LogP contribution in [-0.4, -0.2) is 15.0 Å². The molecule has 0 saturated carbocycles. The second-order valence-electron chi connectivity index (χ2n) is 5.67. The number of hydrogen-bond acceptors (Lipinski definition) is 5. The van der Waals surface area contributed by atoms with E-state index in [4.69, 9.17) is 9.15 Å². The first kappa shape index (κ1) is 15.3. The highest BCUT2D eigenvalue weighted by atomic mass is 19.1. The molecule has 0 aliphatic carbocycles. The Kier molecular flexibility index (Phi) is 3.85. The summed E-state index contributed by atoms with van der Waals surface area (Å²) in [6, 6.07) is 10.6. The van der Waals surface area contributed by atoms with Gasteiger partial charge in [0, 0.05) is 11.6 Å². The van der Waals surface area contributed by atoms with Gasteiger partial charge in [0.1, 0.15) is 11.6 Å². The number of halogens is 1. The summed E-state index contributed by atoms with van der Waals surface area (Å²) in [7, 11) is 0. The maximum Gasteiger partial charge on any atom is 0.199 e. The fraction of sp³-hybridized carbons (Fsp3) is 0.105. The molecule has 0 spiro atoms. The van der Waals surface area contributed by atoms with E-state index in [-0.39, 0.29) is 0 Å². The van der Waals surface area contributed by atoms with Crippen molar-refractivity contribution in [2.75, 3.05) is 0 Å². The second kappa shape index (κ2) is 6.32. The summed E-state index contributed by atoms with van der Waals surface area (Å²) in [6.45, 7) is 1.99. The average Bonchev–Trinajstić information content (AvgIpc) is 3.14. The molecule has 1 atom stereocenters. The van der Waals surface area contributed by atoms with Crippen LogP contribution in [0.1, 0.15) is 23.1 Å². The lowest BCUT2D eigenvalue weighted by Crippen LogP contribution is -2.10. The van der Waals surface area contributed by atoms with Crippen LogP contribution in [-0.2, 0) is 0 Å². The molecule has 6 heteroatoms. The van der Waals surface area contributed by atoms with Crippen molar-refractivity contribution in [1.82, 2.24) is 15.0 Å². The van der Waals surface area contributed by atoms with Crippen LogP contribution in [0.25, 0.3) is 10.9 Å². The molecular weight excluding hydrogens is 321 g/mol. The average molecular weight is 335 g/mol. The van der Waals surface area contributed by atoms with Gasteiger partial charge in [0.25, 0.3) is 0 Å². The number of nitrogens with zero attached hydrogens (tertiary/aromatic N) is 3. The Morgan fingerprint density at radius 3 is 2.72 bits per heavy atom. The van der Waals surface area contributed by atoms with Gasteiger partial charge in [0.15, 0.2) is 18.3 Å². The van der Waals surface area contributed by atoms with Gasteiger partial charge in [-0.2, -0.15) is 0 Å². The molecular formula is C19H14FN3O2. The monoisotopic (exact) mass is 335 g/mol. The van der Waals surface area contributed by atoms with Crippen LogP contribution in [0.2, 0.25) is 0 Å². The molecule has 4 rings (SSSR count). The van der Waals surface area contributed by atoms with Crippen molar-refractivity contribution in [3.8, 4) is 5.75 Å². The van der Waals surface area contributed by atoms with E-state index in [1.54, 1.807) is 12.3 Å². The highest BCUT2D eigenvalue weighted by Gasteiger charge is 2.21. The zero-order valence-corrected chi connectivity index (χ0v) is 13.4. The number of rotatable bonds is 4. The van der Waals surface area contributed by atoms with Gasteiger partial charge in [-0.25, -0.2) is 9.37 Å². The van der Waals surface area contributed by atoms with Crippen LogP contribution in [0.5, 0.6) is 5.75 Å². The summed E-state index contributed by atoms with van der Waals surface area (Å²) in [4.78, 5) is 12.4. The van der Waals surface area contributed by atoms with Gasteiger partial charge < -0.3 is 9.15 Å². The van der Waals surface area contributed by atoms with Crippen molar-refractivity contribution in [3.05, 3.63) is 84.2 Å². The molecule has 5 nitrogen and oxygen atoms in total. The number of benzene rings is 1. The van der Waals surface area contributed by atoms with E-state index < -0.39 is 11.9 Å². The van der Waals surface area contributed by atoms with Crippen LogP contribution >= 0.6 is 0 Å². The quantitative estimate of drug-likeness (QED) is 0.558. The van der Waals surface area contributed by atoms with Crippen molar-refractivity contribution in [2.24, 2.45) is 0 Å². The predicted molar refractivity (Wildman–Crippen MR) is 89.6 cm³/mol. The Morgan fingerprint density at radius 1 is 1.04 bits per heavy atom. The molecule has 0 saturated heterocycles. The Hall–Kier alpha value is -3.28. The highest BCUT2D eigenvalue weighted by molar-refractivity contribution is 5.80. The zero-order chi connectivity index (χ0) is 17.2. The Morgan fingerprint density at radius 2 is 1.96 bits per heavy atom. The lowest BCUT2D eigenvalue weighted by atomic mass is 10.1. The third kappa shape index (κ3) is 3.19. The van der Waals surface area contributed by atoms with Crippen molar-refractivity contribution < 1.29 is 13.5 Å². The van der Waals surface area contributed by atoms with Gasteiger partial charge in [-0.05, 0) is 48.9 Å². The summed E-state index contributed by atoms with van der Waals surface area (Å²) in [5.74, 6) is 0.710. The number of ether oxygens (including phenoxy) is 1. The van der Waals surface area contributed by atoms with Crippen LogP contribution in [0.4, 0.5) is 4.39 Å². The molecule has 0 amide bonds. The number of pyridine rings is 2. The second-order valence-corrected chi connectivity index (χ2v) is 5.67. The first-order chi connectivity index (χ1) is 12.2. The third-order valence-electron chi connectivity index (χ3n) is 3.77. The van der Waals surface area contributed by atoms with Crippen LogP contribution in [0, 0.1) is 12.7 Å². The minimum atomic E-state index is -0.627. The van der Waals surface area contributed by atoms with Crippen LogP contribution < -0.4 is 4.74 Å². The summed E-state index contributed by atoms with van der Waals surface area (Å²) < 4.78 is 24.6. The first-order valence-electron chi connectivity index (χ1n) is 7.72. The maximum absolute atomic E-state index is 13.2. The van der Waals surface area contributed by atoms with E-state index in [1.807, 2.05) is 37.4 Å². The molecule has 0 N–H and O–H groups in total. The number of aryl methyl sites for hydroxylation is 1. The van der Waals surface area contributed by atoms with Crippen molar-refractivity contribution >= 4 is 10.9 Å². The summed E-state index contributed by atoms with van der Waals surface area (Å²) in [6.07, 6.45) is 5.22. The number of hydrogen-bond donors (Lipinski definition) is 0. The first-order valence-corrected chi connectivity index (χ1v) is 7.72. The number of aromatic nitrogens is 3. The zero-order valence-electron chi connectivity index (χ0n) is 13.4. The Balaban J connectivity index is 1.72. The standard InChI is InChI=1S/C19H14FN3O2/c1-12-6-13-7-15(3-5-16(13)22-8-12)25-19(18-10-21-11-24-18)17-4-2-14(20)9-23-17/h2-11,19H,1H3. The normalized spacial score (nSPS) is 12.2. The smallest absolute Gasteiger partial charge is 0.199 e. The van der Waals surface area contributed by atoms with E-state index in [1.165, 1.54) is 12.5 Å². The molecule has 3 heterocycles. The third-order valence-corrected chi connectivity index (χ3v) is 3.77. The van der Waals surface area contributed by atoms with Gasteiger partial charge in [0.05, 0.1) is 23.6 Å². The van der Waals surface area contributed by atoms with Crippen molar-refractivity contribution in [3.63, 3.8) is 0 Å². The molecule has 0 aliphatic heterocycles. The molecule has 25 heavy (non-hydrogen) atoms. The molecule has 1 unspecified atom stereocenters. The van der Waals surface area contributed by atoms with Gasteiger partial charge in [-0.1, -0.05) is 0 Å². The van der Waals surface area contributed by atoms with Gasteiger partial charge in [0.2, 0.25) is 0 Å².